The highest BCUT2D eigenvalue weighted by atomic mass is 16.4. The maximum Gasteiger partial charge on any atom is 0.326 e. The minimum atomic E-state index is -0.947. The third-order valence-corrected chi connectivity index (χ3v) is 4.41. The van der Waals surface area contributed by atoms with E-state index in [-0.39, 0.29) is 24.5 Å². The van der Waals surface area contributed by atoms with Crippen molar-refractivity contribution < 1.29 is 19.8 Å². The van der Waals surface area contributed by atoms with Crippen LogP contribution in [0.25, 0.3) is 0 Å². The van der Waals surface area contributed by atoms with Crippen LogP contribution in [0.4, 0.5) is 4.79 Å². The van der Waals surface area contributed by atoms with Gasteiger partial charge >= 0.3 is 12.0 Å². The van der Waals surface area contributed by atoms with Crippen molar-refractivity contribution in [2.45, 2.75) is 38.0 Å². The first-order valence-electron chi connectivity index (χ1n) is 7.44. The van der Waals surface area contributed by atoms with E-state index in [1.165, 1.54) is 4.90 Å². The van der Waals surface area contributed by atoms with Gasteiger partial charge < -0.3 is 24.9 Å². The van der Waals surface area contributed by atoms with Gasteiger partial charge in [0.05, 0.1) is 6.10 Å². The number of carboxylic acid groups (broad SMARTS) is 1. The lowest BCUT2D eigenvalue weighted by Gasteiger charge is -2.33. The summed E-state index contributed by atoms with van der Waals surface area (Å²) < 4.78 is 0. The van der Waals surface area contributed by atoms with Crippen LogP contribution in [0.15, 0.2) is 0 Å². The normalized spacial score (nSPS) is 33.0. The van der Waals surface area contributed by atoms with Gasteiger partial charge in [0.15, 0.2) is 0 Å². The molecule has 0 radical (unpaired) electrons. The Bertz CT molecular complexity index is 415. The molecule has 2 amide bonds. The number of urea groups is 1. The fourth-order valence-corrected chi connectivity index (χ4v) is 3.42. The molecule has 120 valence electrons. The lowest BCUT2D eigenvalue weighted by atomic mass is 10.0. The maximum absolute atomic E-state index is 12.7. The number of carbonyl (C=O) groups excluding carboxylic acids is 1. The molecule has 2 N–H and O–H groups in total. The molecule has 2 fully saturated rings. The number of rotatable bonds is 3. The van der Waals surface area contributed by atoms with Crippen LogP contribution in [0.3, 0.4) is 0 Å². The molecule has 7 heteroatoms. The van der Waals surface area contributed by atoms with Gasteiger partial charge in [-0.15, -0.1) is 0 Å². The van der Waals surface area contributed by atoms with Crippen LogP contribution in [0, 0.1) is 5.92 Å². The largest absolute Gasteiger partial charge is 0.480 e. The number of carboxylic acids is 1. The van der Waals surface area contributed by atoms with Crippen LogP contribution in [-0.4, -0.2) is 88.8 Å². The Morgan fingerprint density at radius 2 is 1.95 bits per heavy atom. The second-order valence-electron chi connectivity index (χ2n) is 6.48. The van der Waals surface area contributed by atoms with Crippen molar-refractivity contribution in [2.75, 3.05) is 33.7 Å². The summed E-state index contributed by atoms with van der Waals surface area (Å²) in [7, 11) is 3.84. The summed E-state index contributed by atoms with van der Waals surface area (Å²) in [6.07, 6.45) is 0.727. The molecule has 2 rings (SSSR count). The summed E-state index contributed by atoms with van der Waals surface area (Å²) >= 11 is 0. The van der Waals surface area contributed by atoms with Crippen molar-refractivity contribution in [1.82, 2.24) is 14.7 Å². The van der Waals surface area contributed by atoms with Crippen molar-refractivity contribution >= 4 is 12.0 Å². The topological polar surface area (TPSA) is 84.3 Å². The molecule has 4 atom stereocenters. The van der Waals surface area contributed by atoms with E-state index in [2.05, 4.69) is 0 Å². The molecule has 0 aromatic carbocycles. The number of likely N-dealkylation sites (tertiary alicyclic amines) is 2. The number of nitrogens with zero attached hydrogens (tertiary/aromatic N) is 3. The molecule has 2 heterocycles. The van der Waals surface area contributed by atoms with Crippen molar-refractivity contribution in [2.24, 2.45) is 5.92 Å². The van der Waals surface area contributed by atoms with Crippen LogP contribution >= 0.6 is 0 Å². The summed E-state index contributed by atoms with van der Waals surface area (Å²) in [6.45, 7) is 3.29. The predicted octanol–water partition coefficient (Wildman–Crippen LogP) is -0.102. The Morgan fingerprint density at radius 3 is 2.52 bits per heavy atom. The molecular formula is C14H25N3O4. The highest BCUT2D eigenvalue weighted by Crippen LogP contribution is 2.28. The Hall–Kier alpha value is -1.34. The SMILES string of the molecule is CC1CCN(C(=O)N2CC(O)CC2CN(C)C)C1C(=O)O. The minimum absolute atomic E-state index is 0.0359. The number of aliphatic carboxylic acids is 1. The monoisotopic (exact) mass is 299 g/mol. The van der Waals surface area contributed by atoms with E-state index in [0.29, 0.717) is 25.9 Å². The van der Waals surface area contributed by atoms with Crippen molar-refractivity contribution in [3.8, 4) is 0 Å². The molecule has 21 heavy (non-hydrogen) atoms. The van der Waals surface area contributed by atoms with Gasteiger partial charge in [-0.05, 0) is 32.9 Å². The number of carbonyl (C=O) groups is 2. The lowest BCUT2D eigenvalue weighted by Crippen LogP contribution is -2.52. The van der Waals surface area contributed by atoms with E-state index < -0.39 is 18.1 Å². The highest BCUT2D eigenvalue weighted by molar-refractivity contribution is 5.84. The van der Waals surface area contributed by atoms with Gasteiger partial charge in [0.2, 0.25) is 0 Å². The Labute approximate surface area is 125 Å². The van der Waals surface area contributed by atoms with Gasteiger partial charge in [0.25, 0.3) is 0 Å². The van der Waals surface area contributed by atoms with E-state index in [4.69, 9.17) is 0 Å². The molecule has 0 spiro atoms. The first kappa shape index (κ1) is 16.0. The summed E-state index contributed by atoms with van der Waals surface area (Å²) in [6, 6.07) is -1.07. The lowest BCUT2D eigenvalue weighted by molar-refractivity contribution is -0.142. The molecule has 0 bridgehead atoms. The minimum Gasteiger partial charge on any atom is -0.480 e. The number of amides is 2. The summed E-state index contributed by atoms with van der Waals surface area (Å²) in [5.74, 6) is -0.983. The smallest absolute Gasteiger partial charge is 0.326 e. The molecule has 0 saturated carbocycles. The van der Waals surface area contributed by atoms with Crippen LogP contribution in [0.1, 0.15) is 19.8 Å². The van der Waals surface area contributed by atoms with E-state index >= 15 is 0 Å². The van der Waals surface area contributed by atoms with Crippen molar-refractivity contribution in [1.29, 1.82) is 0 Å². The van der Waals surface area contributed by atoms with Gasteiger partial charge in [-0.25, -0.2) is 9.59 Å². The van der Waals surface area contributed by atoms with Crippen molar-refractivity contribution in [3.05, 3.63) is 0 Å². The Balaban J connectivity index is 2.12. The molecule has 0 aliphatic carbocycles. The fourth-order valence-electron chi connectivity index (χ4n) is 3.42. The average Bonchev–Trinajstić information content (AvgIpc) is 2.91. The van der Waals surface area contributed by atoms with Gasteiger partial charge in [0.1, 0.15) is 6.04 Å². The zero-order chi connectivity index (χ0) is 15.7. The second kappa shape index (κ2) is 6.19. The van der Waals surface area contributed by atoms with Gasteiger partial charge in [0, 0.05) is 25.7 Å². The van der Waals surface area contributed by atoms with Gasteiger partial charge in [-0.3, -0.25) is 0 Å². The summed E-state index contributed by atoms with van der Waals surface area (Å²) in [5, 5.41) is 19.2. The maximum atomic E-state index is 12.7. The number of hydrogen-bond acceptors (Lipinski definition) is 4. The quantitative estimate of drug-likeness (QED) is 0.760. The van der Waals surface area contributed by atoms with Crippen molar-refractivity contribution in [3.63, 3.8) is 0 Å². The van der Waals surface area contributed by atoms with Crippen LogP contribution in [-0.2, 0) is 4.79 Å². The van der Waals surface area contributed by atoms with E-state index in [0.717, 1.165) is 0 Å². The van der Waals surface area contributed by atoms with E-state index in [1.54, 1.807) is 4.90 Å². The molecule has 0 aromatic heterocycles. The molecule has 0 aromatic rings. The second-order valence-corrected chi connectivity index (χ2v) is 6.48. The standard InChI is InChI=1S/C14H25N3O4/c1-9-4-5-16(12(9)13(19)20)14(21)17-8-11(18)6-10(17)7-15(2)3/h9-12,18H,4-8H2,1-3H3,(H,19,20). The highest BCUT2D eigenvalue weighted by Gasteiger charge is 2.44. The summed E-state index contributed by atoms with van der Waals surface area (Å²) in [4.78, 5) is 29.2. The Kier molecular flexibility index (Phi) is 4.73. The van der Waals surface area contributed by atoms with Crippen LogP contribution in [0.5, 0.6) is 0 Å². The Morgan fingerprint density at radius 1 is 1.29 bits per heavy atom. The zero-order valence-electron chi connectivity index (χ0n) is 12.9. The van der Waals surface area contributed by atoms with Crippen LogP contribution in [0.2, 0.25) is 0 Å². The molecule has 4 unspecified atom stereocenters. The molecule has 7 nitrogen and oxygen atoms in total. The first-order chi connectivity index (χ1) is 9.81. The predicted molar refractivity (Wildman–Crippen MR) is 77.0 cm³/mol. The first-order valence-corrected chi connectivity index (χ1v) is 7.44. The average molecular weight is 299 g/mol. The molecule has 2 aliphatic rings. The summed E-state index contributed by atoms with van der Waals surface area (Å²) in [5.41, 5.74) is 0. The number of aliphatic hydroxyl groups is 1. The molecular weight excluding hydrogens is 274 g/mol. The molecule has 2 aliphatic heterocycles. The van der Waals surface area contributed by atoms with Gasteiger partial charge in [-0.2, -0.15) is 0 Å². The fraction of sp³-hybridized carbons (Fsp3) is 0.857. The van der Waals surface area contributed by atoms with Crippen LogP contribution < -0.4 is 0 Å². The van der Waals surface area contributed by atoms with E-state index in [1.807, 2.05) is 25.9 Å². The zero-order valence-corrected chi connectivity index (χ0v) is 12.9. The number of aliphatic hydroxyl groups excluding tert-OH is 1. The van der Waals surface area contributed by atoms with Gasteiger partial charge in [-0.1, -0.05) is 6.92 Å². The third kappa shape index (κ3) is 3.29. The number of likely N-dealkylation sites (N-methyl/N-ethyl adjacent to an activating group) is 1. The number of hydrogen-bond donors (Lipinski definition) is 2. The number of β-amino-alcohol motifs (C(OH)–C–C–N with tert-alkyl or cyclic N) is 1. The molecule has 2 saturated heterocycles. The van der Waals surface area contributed by atoms with E-state index in [9.17, 15) is 19.8 Å². The third-order valence-electron chi connectivity index (χ3n) is 4.41.